The van der Waals surface area contributed by atoms with Crippen molar-refractivity contribution in [1.29, 1.82) is 0 Å². The van der Waals surface area contributed by atoms with Crippen LogP contribution in [0.2, 0.25) is 5.02 Å². The summed E-state index contributed by atoms with van der Waals surface area (Å²) >= 11 is 7.78. The number of hydrogen-bond donors (Lipinski definition) is 1. The fraction of sp³-hybridized carbons (Fsp3) is 0.263. The van der Waals surface area contributed by atoms with Gasteiger partial charge in [-0.1, -0.05) is 29.8 Å². The molecule has 0 aliphatic heterocycles. The van der Waals surface area contributed by atoms with Gasteiger partial charge in [-0.3, -0.25) is 4.90 Å². The molecule has 2 heterocycles. The number of para-hydroxylation sites is 1. The second kappa shape index (κ2) is 9.06. The Bertz CT molecular complexity index is 710. The molecule has 6 heteroatoms. The predicted molar refractivity (Wildman–Crippen MR) is 100 cm³/mol. The Morgan fingerprint density at radius 2 is 2.00 bits per heavy atom. The molecule has 1 atom stereocenters. The molecule has 132 valence electrons. The first-order chi connectivity index (χ1) is 12.2. The molecule has 4 nitrogen and oxygen atoms in total. The van der Waals surface area contributed by atoms with Crippen molar-refractivity contribution in [3.05, 3.63) is 75.8 Å². The van der Waals surface area contributed by atoms with E-state index < -0.39 is 6.10 Å². The average Bonchev–Trinajstić information content (AvgIpc) is 3.28. The van der Waals surface area contributed by atoms with Gasteiger partial charge >= 0.3 is 0 Å². The summed E-state index contributed by atoms with van der Waals surface area (Å²) in [6.07, 6.45) is 1.03. The molecule has 0 saturated carbocycles. The quantitative estimate of drug-likeness (QED) is 0.599. The zero-order valence-corrected chi connectivity index (χ0v) is 15.2. The lowest BCUT2D eigenvalue weighted by Gasteiger charge is -2.24. The third-order valence-electron chi connectivity index (χ3n) is 3.66. The van der Waals surface area contributed by atoms with Crippen molar-refractivity contribution in [2.45, 2.75) is 19.2 Å². The van der Waals surface area contributed by atoms with Gasteiger partial charge < -0.3 is 14.3 Å². The summed E-state index contributed by atoms with van der Waals surface area (Å²) in [5.41, 5.74) is 0. The summed E-state index contributed by atoms with van der Waals surface area (Å²) in [6.45, 7) is 2.04. The topological polar surface area (TPSA) is 45.8 Å². The zero-order valence-electron chi connectivity index (χ0n) is 13.7. The summed E-state index contributed by atoms with van der Waals surface area (Å²) in [5.74, 6) is 1.45. The second-order valence-corrected chi connectivity index (χ2v) is 7.16. The van der Waals surface area contributed by atoms with E-state index in [1.54, 1.807) is 29.7 Å². The molecule has 0 fully saturated rings. The van der Waals surface area contributed by atoms with E-state index in [1.807, 2.05) is 30.3 Å². The summed E-state index contributed by atoms with van der Waals surface area (Å²) < 4.78 is 11.1. The highest BCUT2D eigenvalue weighted by atomic mass is 35.5. The highest BCUT2D eigenvalue weighted by Gasteiger charge is 2.16. The van der Waals surface area contributed by atoms with Crippen molar-refractivity contribution in [2.24, 2.45) is 0 Å². The van der Waals surface area contributed by atoms with Crippen LogP contribution in [0.4, 0.5) is 0 Å². The SMILES string of the molecule is OC(COc1ccccc1Cl)CN(Cc1ccco1)Cc1cccs1. The van der Waals surface area contributed by atoms with Crippen LogP contribution in [0.3, 0.4) is 0 Å². The largest absolute Gasteiger partial charge is 0.489 e. The number of aliphatic hydroxyl groups is 1. The minimum Gasteiger partial charge on any atom is -0.489 e. The van der Waals surface area contributed by atoms with Gasteiger partial charge in [-0.2, -0.15) is 0 Å². The van der Waals surface area contributed by atoms with Crippen LogP contribution in [0.5, 0.6) is 5.75 Å². The number of aliphatic hydroxyl groups excluding tert-OH is 1. The Morgan fingerprint density at radius 3 is 2.72 bits per heavy atom. The molecule has 0 amide bonds. The monoisotopic (exact) mass is 377 g/mol. The van der Waals surface area contributed by atoms with Gasteiger partial charge in [-0.15, -0.1) is 11.3 Å². The molecule has 3 aromatic rings. The predicted octanol–water partition coefficient (Wildman–Crippen LogP) is 4.44. The van der Waals surface area contributed by atoms with Gasteiger partial charge in [-0.05, 0) is 35.7 Å². The number of hydrogen-bond acceptors (Lipinski definition) is 5. The van der Waals surface area contributed by atoms with E-state index in [4.69, 9.17) is 20.8 Å². The van der Waals surface area contributed by atoms with Gasteiger partial charge in [0, 0.05) is 18.0 Å². The van der Waals surface area contributed by atoms with Gasteiger partial charge in [0.05, 0.1) is 17.8 Å². The molecule has 25 heavy (non-hydrogen) atoms. The van der Waals surface area contributed by atoms with Gasteiger partial charge in [0.2, 0.25) is 0 Å². The van der Waals surface area contributed by atoms with E-state index in [9.17, 15) is 5.11 Å². The van der Waals surface area contributed by atoms with E-state index in [0.29, 0.717) is 23.9 Å². The second-order valence-electron chi connectivity index (χ2n) is 5.72. The molecule has 1 unspecified atom stereocenters. The highest BCUT2D eigenvalue weighted by molar-refractivity contribution is 7.09. The van der Waals surface area contributed by atoms with Crippen LogP contribution >= 0.6 is 22.9 Å². The number of rotatable bonds is 9. The van der Waals surface area contributed by atoms with Crippen molar-refractivity contribution in [3.8, 4) is 5.75 Å². The van der Waals surface area contributed by atoms with E-state index in [0.717, 1.165) is 12.3 Å². The smallest absolute Gasteiger partial charge is 0.138 e. The fourth-order valence-electron chi connectivity index (χ4n) is 2.53. The van der Waals surface area contributed by atoms with Crippen molar-refractivity contribution in [3.63, 3.8) is 0 Å². The Balaban J connectivity index is 1.57. The lowest BCUT2D eigenvalue weighted by molar-refractivity contribution is 0.0609. The fourth-order valence-corrected chi connectivity index (χ4v) is 3.47. The maximum Gasteiger partial charge on any atom is 0.138 e. The normalized spacial score (nSPS) is 12.4. The van der Waals surface area contributed by atoms with E-state index >= 15 is 0 Å². The van der Waals surface area contributed by atoms with Gasteiger partial charge in [0.25, 0.3) is 0 Å². The molecule has 0 spiro atoms. The van der Waals surface area contributed by atoms with Crippen molar-refractivity contribution < 1.29 is 14.3 Å². The summed E-state index contributed by atoms with van der Waals surface area (Å²) in [4.78, 5) is 3.39. The van der Waals surface area contributed by atoms with E-state index in [2.05, 4.69) is 16.3 Å². The lowest BCUT2D eigenvalue weighted by atomic mass is 10.3. The maximum absolute atomic E-state index is 10.4. The minimum atomic E-state index is -0.633. The third-order valence-corrected chi connectivity index (χ3v) is 4.83. The van der Waals surface area contributed by atoms with Crippen LogP contribution in [-0.4, -0.2) is 29.3 Å². The number of ether oxygens (including phenoxy) is 1. The van der Waals surface area contributed by atoms with E-state index in [1.165, 1.54) is 4.88 Å². The first kappa shape index (κ1) is 18.0. The van der Waals surface area contributed by atoms with Crippen LogP contribution < -0.4 is 4.74 Å². The molecule has 0 aliphatic rings. The van der Waals surface area contributed by atoms with Crippen LogP contribution in [0.25, 0.3) is 0 Å². The van der Waals surface area contributed by atoms with Crippen molar-refractivity contribution in [2.75, 3.05) is 13.2 Å². The standard InChI is InChI=1S/C19H20ClNO3S/c20-18-7-1-2-8-19(18)24-14-15(22)11-21(12-16-5-3-9-23-16)13-17-6-4-10-25-17/h1-10,15,22H,11-14H2. The molecule has 0 bridgehead atoms. The van der Waals surface area contributed by atoms with Gasteiger partial charge in [0.1, 0.15) is 24.2 Å². The average molecular weight is 378 g/mol. The minimum absolute atomic E-state index is 0.183. The Hall–Kier alpha value is -1.79. The molecule has 2 aromatic heterocycles. The van der Waals surface area contributed by atoms with Crippen molar-refractivity contribution in [1.82, 2.24) is 4.90 Å². The summed E-state index contributed by atoms with van der Waals surface area (Å²) in [5, 5.41) is 13.0. The molecule has 0 saturated heterocycles. The van der Waals surface area contributed by atoms with Crippen molar-refractivity contribution >= 4 is 22.9 Å². The van der Waals surface area contributed by atoms with Gasteiger partial charge in [-0.25, -0.2) is 0 Å². The lowest BCUT2D eigenvalue weighted by Crippen LogP contribution is -2.34. The number of nitrogens with zero attached hydrogens (tertiary/aromatic N) is 1. The first-order valence-electron chi connectivity index (χ1n) is 8.03. The molecule has 0 radical (unpaired) electrons. The number of thiophene rings is 1. The Kier molecular flexibility index (Phi) is 6.53. The third kappa shape index (κ3) is 5.61. The van der Waals surface area contributed by atoms with Gasteiger partial charge in [0.15, 0.2) is 0 Å². The number of halogens is 1. The van der Waals surface area contributed by atoms with Crippen LogP contribution in [-0.2, 0) is 13.1 Å². The zero-order chi connectivity index (χ0) is 17.5. The Labute approximate surface area is 156 Å². The highest BCUT2D eigenvalue weighted by Crippen LogP contribution is 2.23. The van der Waals surface area contributed by atoms with Crippen LogP contribution in [0.15, 0.2) is 64.6 Å². The molecule has 0 aliphatic carbocycles. The summed E-state index contributed by atoms with van der Waals surface area (Å²) in [7, 11) is 0. The summed E-state index contributed by atoms with van der Waals surface area (Å²) in [6, 6.07) is 15.2. The Morgan fingerprint density at radius 1 is 1.12 bits per heavy atom. The number of furan rings is 1. The first-order valence-corrected chi connectivity index (χ1v) is 9.29. The molecular formula is C19H20ClNO3S. The van der Waals surface area contributed by atoms with Crippen LogP contribution in [0.1, 0.15) is 10.6 Å². The number of benzene rings is 1. The van der Waals surface area contributed by atoms with E-state index in [-0.39, 0.29) is 6.61 Å². The molecule has 3 rings (SSSR count). The molecule has 1 N–H and O–H groups in total. The molecular weight excluding hydrogens is 358 g/mol. The van der Waals surface area contributed by atoms with Crippen LogP contribution in [0, 0.1) is 0 Å². The maximum atomic E-state index is 10.4. The molecule has 1 aromatic carbocycles.